The fourth-order valence-corrected chi connectivity index (χ4v) is 2.97. The predicted molar refractivity (Wildman–Crippen MR) is 88.1 cm³/mol. The molecule has 0 bridgehead atoms. The van der Waals surface area contributed by atoms with Crippen molar-refractivity contribution in [3.8, 4) is 0 Å². The molecule has 0 amide bonds. The van der Waals surface area contributed by atoms with E-state index in [2.05, 4.69) is 21.3 Å². The van der Waals surface area contributed by atoms with Gasteiger partial charge in [-0.05, 0) is 24.5 Å². The van der Waals surface area contributed by atoms with Crippen molar-refractivity contribution in [3.05, 3.63) is 34.9 Å². The molecule has 0 aromatic heterocycles. The van der Waals surface area contributed by atoms with E-state index in [0.29, 0.717) is 5.92 Å². The van der Waals surface area contributed by atoms with Crippen LogP contribution in [-0.2, 0) is 11.2 Å². The van der Waals surface area contributed by atoms with E-state index in [1.54, 1.807) is 7.11 Å². The van der Waals surface area contributed by atoms with Gasteiger partial charge in [0.25, 0.3) is 0 Å². The highest BCUT2D eigenvalue weighted by Crippen LogP contribution is 2.17. The molecule has 1 N–H and O–H groups in total. The topological polar surface area (TPSA) is 36.9 Å². The Kier molecular flexibility index (Phi) is 6.33. The average molecular weight is 310 g/mol. The van der Waals surface area contributed by atoms with Crippen molar-refractivity contribution in [3.63, 3.8) is 0 Å². The molecule has 1 heterocycles. The van der Waals surface area contributed by atoms with Gasteiger partial charge in [-0.3, -0.25) is 4.99 Å². The van der Waals surface area contributed by atoms with Crippen molar-refractivity contribution in [2.75, 3.05) is 40.4 Å². The summed E-state index contributed by atoms with van der Waals surface area (Å²) in [5.74, 6) is 1.58. The van der Waals surface area contributed by atoms with E-state index >= 15 is 0 Å². The van der Waals surface area contributed by atoms with Crippen molar-refractivity contribution in [2.24, 2.45) is 10.9 Å². The maximum Gasteiger partial charge on any atom is 0.193 e. The van der Waals surface area contributed by atoms with Gasteiger partial charge in [0, 0.05) is 44.7 Å². The van der Waals surface area contributed by atoms with Crippen LogP contribution >= 0.6 is 11.6 Å². The first kappa shape index (κ1) is 16.1. The van der Waals surface area contributed by atoms with Crippen molar-refractivity contribution in [1.82, 2.24) is 10.2 Å². The molecule has 0 spiro atoms. The Labute approximate surface area is 132 Å². The Morgan fingerprint density at radius 2 is 2.29 bits per heavy atom. The molecule has 1 atom stereocenters. The van der Waals surface area contributed by atoms with Crippen LogP contribution in [0, 0.1) is 5.92 Å². The van der Waals surface area contributed by atoms with Gasteiger partial charge in [0.1, 0.15) is 0 Å². The van der Waals surface area contributed by atoms with Crippen molar-refractivity contribution in [1.29, 1.82) is 0 Å². The highest BCUT2D eigenvalue weighted by atomic mass is 35.5. The van der Waals surface area contributed by atoms with E-state index in [4.69, 9.17) is 16.3 Å². The molecule has 1 aromatic carbocycles. The second kappa shape index (κ2) is 8.25. The van der Waals surface area contributed by atoms with E-state index in [-0.39, 0.29) is 0 Å². The Hall–Kier alpha value is -1.26. The zero-order valence-corrected chi connectivity index (χ0v) is 13.6. The van der Waals surface area contributed by atoms with Gasteiger partial charge in [-0.25, -0.2) is 0 Å². The molecular formula is C16H24ClN3O. The number of methoxy groups -OCH3 is 1. The minimum absolute atomic E-state index is 0.608. The molecule has 1 aromatic rings. The van der Waals surface area contributed by atoms with E-state index in [1.807, 2.05) is 25.2 Å². The van der Waals surface area contributed by atoms with Crippen molar-refractivity contribution in [2.45, 2.75) is 12.8 Å². The molecule has 5 heteroatoms. The van der Waals surface area contributed by atoms with Gasteiger partial charge in [0.15, 0.2) is 5.96 Å². The maximum atomic E-state index is 6.17. The molecule has 1 unspecified atom stereocenters. The third-order valence-electron chi connectivity index (χ3n) is 3.83. The van der Waals surface area contributed by atoms with Crippen LogP contribution in [0.2, 0.25) is 5.02 Å². The van der Waals surface area contributed by atoms with Gasteiger partial charge >= 0.3 is 0 Å². The molecule has 116 valence electrons. The van der Waals surface area contributed by atoms with Gasteiger partial charge in [-0.1, -0.05) is 29.8 Å². The van der Waals surface area contributed by atoms with Crippen LogP contribution < -0.4 is 5.32 Å². The summed E-state index contributed by atoms with van der Waals surface area (Å²) in [4.78, 5) is 6.68. The molecule has 0 aliphatic carbocycles. The highest BCUT2D eigenvalue weighted by Gasteiger charge is 2.24. The minimum atomic E-state index is 0.608. The van der Waals surface area contributed by atoms with Crippen LogP contribution in [0.5, 0.6) is 0 Å². The van der Waals surface area contributed by atoms with Crippen LogP contribution in [0.15, 0.2) is 29.3 Å². The molecule has 21 heavy (non-hydrogen) atoms. The molecule has 1 aliphatic rings. The van der Waals surface area contributed by atoms with Crippen LogP contribution in [-0.4, -0.2) is 51.3 Å². The number of guanidine groups is 1. The number of likely N-dealkylation sites (tertiary alicyclic amines) is 1. The standard InChI is InChI=1S/C16H24ClN3O/c1-18-16(20-10-8-13(11-20)12-21-2)19-9-7-14-5-3-4-6-15(14)17/h3-6,13H,7-12H2,1-2H3,(H,18,19). The van der Waals surface area contributed by atoms with Gasteiger partial charge in [0.05, 0.1) is 6.61 Å². The molecule has 1 aliphatic heterocycles. The molecule has 2 rings (SSSR count). The third-order valence-corrected chi connectivity index (χ3v) is 4.20. The van der Waals surface area contributed by atoms with Crippen LogP contribution in [0.1, 0.15) is 12.0 Å². The first-order valence-electron chi connectivity index (χ1n) is 7.42. The van der Waals surface area contributed by atoms with E-state index in [9.17, 15) is 0 Å². The average Bonchev–Trinajstić information content (AvgIpc) is 2.94. The molecule has 0 radical (unpaired) electrons. The second-order valence-electron chi connectivity index (χ2n) is 5.37. The highest BCUT2D eigenvalue weighted by molar-refractivity contribution is 6.31. The van der Waals surface area contributed by atoms with Crippen molar-refractivity contribution >= 4 is 17.6 Å². The number of benzene rings is 1. The number of ether oxygens (including phenoxy) is 1. The largest absolute Gasteiger partial charge is 0.384 e. The Bertz CT molecular complexity index is 478. The number of aliphatic imine (C=N–C) groups is 1. The summed E-state index contributed by atoms with van der Waals surface area (Å²) < 4.78 is 5.24. The summed E-state index contributed by atoms with van der Waals surface area (Å²) in [6.45, 7) is 3.72. The summed E-state index contributed by atoms with van der Waals surface area (Å²) in [6, 6.07) is 7.98. The molecule has 4 nitrogen and oxygen atoms in total. The lowest BCUT2D eigenvalue weighted by Gasteiger charge is -2.21. The number of nitrogens with zero attached hydrogens (tertiary/aromatic N) is 2. The lowest BCUT2D eigenvalue weighted by atomic mass is 10.1. The van der Waals surface area contributed by atoms with E-state index in [1.165, 1.54) is 12.0 Å². The van der Waals surface area contributed by atoms with Crippen molar-refractivity contribution < 1.29 is 4.74 Å². The molecule has 1 saturated heterocycles. The fourth-order valence-electron chi connectivity index (χ4n) is 2.74. The smallest absolute Gasteiger partial charge is 0.193 e. The van der Waals surface area contributed by atoms with Gasteiger partial charge < -0.3 is 15.0 Å². The number of hydrogen-bond acceptors (Lipinski definition) is 2. The number of hydrogen-bond donors (Lipinski definition) is 1. The summed E-state index contributed by atoms with van der Waals surface area (Å²) in [6.07, 6.45) is 2.06. The predicted octanol–water partition coefficient (Wildman–Crippen LogP) is 2.43. The van der Waals surface area contributed by atoms with Crippen LogP contribution in [0.25, 0.3) is 0 Å². The summed E-state index contributed by atoms with van der Waals surface area (Å²) in [5, 5.41) is 4.26. The number of nitrogens with one attached hydrogen (secondary N) is 1. The number of halogens is 1. The monoisotopic (exact) mass is 309 g/mol. The quantitative estimate of drug-likeness (QED) is 0.670. The second-order valence-corrected chi connectivity index (χ2v) is 5.78. The van der Waals surface area contributed by atoms with Gasteiger partial charge in [-0.15, -0.1) is 0 Å². The first-order chi connectivity index (χ1) is 10.2. The Morgan fingerprint density at radius 3 is 3.00 bits per heavy atom. The third kappa shape index (κ3) is 4.61. The van der Waals surface area contributed by atoms with Crippen LogP contribution in [0.4, 0.5) is 0 Å². The Morgan fingerprint density at radius 1 is 1.48 bits per heavy atom. The van der Waals surface area contributed by atoms with E-state index in [0.717, 1.165) is 43.6 Å². The summed E-state index contributed by atoms with van der Waals surface area (Å²) in [5.41, 5.74) is 1.17. The van der Waals surface area contributed by atoms with Crippen LogP contribution in [0.3, 0.4) is 0 Å². The molecule has 1 fully saturated rings. The van der Waals surface area contributed by atoms with Gasteiger partial charge in [0.2, 0.25) is 0 Å². The van der Waals surface area contributed by atoms with Gasteiger partial charge in [-0.2, -0.15) is 0 Å². The summed E-state index contributed by atoms with van der Waals surface area (Å²) >= 11 is 6.17. The number of rotatable bonds is 5. The molecular weight excluding hydrogens is 286 g/mol. The van der Waals surface area contributed by atoms with E-state index < -0.39 is 0 Å². The zero-order chi connectivity index (χ0) is 15.1. The first-order valence-corrected chi connectivity index (χ1v) is 7.80. The normalized spacial score (nSPS) is 19.1. The fraction of sp³-hybridized carbons (Fsp3) is 0.562. The summed E-state index contributed by atoms with van der Waals surface area (Å²) in [7, 11) is 3.60. The zero-order valence-electron chi connectivity index (χ0n) is 12.8. The maximum absolute atomic E-state index is 6.17. The lowest BCUT2D eigenvalue weighted by molar-refractivity contribution is 0.157. The lowest BCUT2D eigenvalue weighted by Crippen LogP contribution is -2.41. The Balaban J connectivity index is 1.80. The SMILES string of the molecule is CN=C(NCCc1ccccc1Cl)N1CCC(COC)C1. The molecule has 0 saturated carbocycles. The minimum Gasteiger partial charge on any atom is -0.384 e.